The zero-order valence-corrected chi connectivity index (χ0v) is 16.9. The number of methoxy groups -OCH3 is 1. The summed E-state index contributed by atoms with van der Waals surface area (Å²) in [6.45, 7) is 1.81. The fraction of sp³-hybridized carbons (Fsp3) is 0.190. The van der Waals surface area contributed by atoms with Gasteiger partial charge in [-0.05, 0) is 48.9 Å². The number of thiazole rings is 1. The van der Waals surface area contributed by atoms with Crippen LogP contribution in [0, 0.1) is 6.92 Å². The molecule has 2 aromatic carbocycles. The van der Waals surface area contributed by atoms with Gasteiger partial charge >= 0.3 is 0 Å². The highest BCUT2D eigenvalue weighted by atomic mass is 32.1. The van der Waals surface area contributed by atoms with Crippen LogP contribution < -0.4 is 20.5 Å². The lowest BCUT2D eigenvalue weighted by atomic mass is 10.1. The van der Waals surface area contributed by atoms with Gasteiger partial charge in [-0.1, -0.05) is 12.1 Å². The lowest BCUT2D eigenvalue weighted by molar-refractivity contribution is -0.118. The molecular formula is C21H21N3O4S. The molecule has 0 aliphatic heterocycles. The van der Waals surface area contributed by atoms with Gasteiger partial charge in [0.1, 0.15) is 11.5 Å². The van der Waals surface area contributed by atoms with Crippen LogP contribution in [-0.4, -0.2) is 30.5 Å². The number of nitrogens with zero attached hydrogens (tertiary/aromatic N) is 1. The molecular weight excluding hydrogens is 390 g/mol. The maximum atomic E-state index is 12.2. The predicted octanol–water partition coefficient (Wildman–Crippen LogP) is 3.17. The van der Waals surface area contributed by atoms with E-state index < -0.39 is 5.91 Å². The van der Waals surface area contributed by atoms with Crippen LogP contribution in [0.25, 0.3) is 11.3 Å². The lowest BCUT2D eigenvalue weighted by Gasteiger charge is -2.06. The number of aromatic nitrogens is 1. The van der Waals surface area contributed by atoms with E-state index in [1.54, 1.807) is 31.4 Å². The number of primary amides is 1. The quantitative estimate of drug-likeness (QED) is 0.593. The first-order valence-electron chi connectivity index (χ1n) is 8.86. The highest BCUT2D eigenvalue weighted by Gasteiger charge is 2.13. The first-order chi connectivity index (χ1) is 13.9. The van der Waals surface area contributed by atoms with Gasteiger partial charge < -0.3 is 15.2 Å². The summed E-state index contributed by atoms with van der Waals surface area (Å²) >= 11 is 1.40. The maximum absolute atomic E-state index is 12.2. The molecule has 3 rings (SSSR count). The topological polar surface area (TPSA) is 104 Å². The Kier molecular flexibility index (Phi) is 6.46. The summed E-state index contributed by atoms with van der Waals surface area (Å²) in [6, 6.07) is 14.5. The smallest absolute Gasteiger partial charge is 0.264 e. The van der Waals surface area contributed by atoms with Gasteiger partial charge in [0.25, 0.3) is 5.91 Å². The number of carbonyl (C=O) groups excluding carboxylic acids is 2. The fourth-order valence-corrected chi connectivity index (χ4v) is 3.53. The average Bonchev–Trinajstić information content (AvgIpc) is 3.07. The SMILES string of the molecule is COc1ccc(-c2nc(NC(=O)COc3ccc(CC(N)=O)cc3)sc2C)cc1. The molecule has 1 heterocycles. The zero-order chi connectivity index (χ0) is 20.8. The Morgan fingerprint density at radius 2 is 1.72 bits per heavy atom. The van der Waals surface area contributed by atoms with Crippen LogP contribution in [0.15, 0.2) is 48.5 Å². The number of hydrogen-bond donors (Lipinski definition) is 2. The second-order valence-electron chi connectivity index (χ2n) is 6.28. The van der Waals surface area contributed by atoms with Crippen molar-refractivity contribution < 1.29 is 19.1 Å². The Hall–Kier alpha value is -3.39. The molecule has 0 aliphatic rings. The van der Waals surface area contributed by atoms with Crippen molar-refractivity contribution in [2.45, 2.75) is 13.3 Å². The molecule has 0 aliphatic carbocycles. The van der Waals surface area contributed by atoms with Crippen molar-refractivity contribution in [2.24, 2.45) is 5.73 Å². The molecule has 0 fully saturated rings. The molecule has 3 aromatic rings. The van der Waals surface area contributed by atoms with Crippen molar-refractivity contribution in [3.8, 4) is 22.8 Å². The van der Waals surface area contributed by atoms with Crippen LogP contribution in [0.1, 0.15) is 10.4 Å². The van der Waals surface area contributed by atoms with Gasteiger partial charge in [-0.2, -0.15) is 0 Å². The molecule has 3 N–H and O–H groups in total. The van der Waals surface area contributed by atoms with Crippen molar-refractivity contribution in [3.05, 3.63) is 59.0 Å². The van der Waals surface area contributed by atoms with E-state index in [-0.39, 0.29) is 18.9 Å². The van der Waals surface area contributed by atoms with E-state index in [1.807, 2.05) is 31.2 Å². The molecule has 0 saturated carbocycles. The summed E-state index contributed by atoms with van der Waals surface area (Å²) in [7, 11) is 1.62. The van der Waals surface area contributed by atoms with Gasteiger partial charge in [-0.15, -0.1) is 11.3 Å². The first kappa shape index (κ1) is 20.3. The number of hydrogen-bond acceptors (Lipinski definition) is 6. The number of rotatable bonds is 8. The van der Waals surface area contributed by atoms with Gasteiger partial charge in [-0.25, -0.2) is 4.98 Å². The molecule has 7 nitrogen and oxygen atoms in total. The lowest BCUT2D eigenvalue weighted by Crippen LogP contribution is -2.20. The van der Waals surface area contributed by atoms with Gasteiger partial charge in [0, 0.05) is 10.4 Å². The Bertz CT molecular complexity index is 998. The van der Waals surface area contributed by atoms with Crippen molar-refractivity contribution >= 4 is 28.3 Å². The summed E-state index contributed by atoms with van der Waals surface area (Å²) in [5, 5.41) is 3.27. The van der Waals surface area contributed by atoms with Gasteiger partial charge in [0.05, 0.1) is 19.2 Å². The Labute approximate surface area is 172 Å². The summed E-state index contributed by atoms with van der Waals surface area (Å²) in [6.07, 6.45) is 0.167. The average molecular weight is 411 g/mol. The van der Waals surface area contributed by atoms with E-state index in [1.165, 1.54) is 11.3 Å². The van der Waals surface area contributed by atoms with E-state index in [9.17, 15) is 9.59 Å². The summed E-state index contributed by atoms with van der Waals surface area (Å²) < 4.78 is 10.7. The Morgan fingerprint density at radius 3 is 2.34 bits per heavy atom. The second kappa shape index (κ2) is 9.20. The molecule has 2 amide bonds. The third-order valence-corrected chi connectivity index (χ3v) is 4.96. The van der Waals surface area contributed by atoms with Crippen molar-refractivity contribution in [1.29, 1.82) is 0 Å². The molecule has 29 heavy (non-hydrogen) atoms. The highest BCUT2D eigenvalue weighted by molar-refractivity contribution is 7.16. The number of aryl methyl sites for hydroxylation is 1. The van der Waals surface area contributed by atoms with E-state index >= 15 is 0 Å². The normalized spacial score (nSPS) is 10.4. The first-order valence-corrected chi connectivity index (χ1v) is 9.68. The minimum absolute atomic E-state index is 0.147. The molecule has 8 heteroatoms. The van der Waals surface area contributed by atoms with Crippen molar-refractivity contribution in [2.75, 3.05) is 19.0 Å². The third kappa shape index (κ3) is 5.55. The number of benzene rings is 2. The maximum Gasteiger partial charge on any atom is 0.264 e. The second-order valence-corrected chi connectivity index (χ2v) is 7.48. The number of nitrogens with one attached hydrogen (secondary N) is 1. The molecule has 0 atom stereocenters. The summed E-state index contributed by atoms with van der Waals surface area (Å²) in [5.74, 6) is 0.601. The number of ether oxygens (including phenoxy) is 2. The molecule has 1 aromatic heterocycles. The monoisotopic (exact) mass is 411 g/mol. The minimum atomic E-state index is -0.397. The van der Waals surface area contributed by atoms with Crippen LogP contribution in [0.4, 0.5) is 5.13 Å². The van der Waals surface area contributed by atoms with Crippen LogP contribution in [0.2, 0.25) is 0 Å². The van der Waals surface area contributed by atoms with E-state index in [0.717, 1.165) is 27.4 Å². The predicted molar refractivity (Wildman–Crippen MR) is 112 cm³/mol. The number of carbonyl (C=O) groups is 2. The minimum Gasteiger partial charge on any atom is -0.497 e. The molecule has 150 valence electrons. The van der Waals surface area contributed by atoms with Gasteiger partial charge in [0.2, 0.25) is 5.91 Å². The molecule has 0 radical (unpaired) electrons. The highest BCUT2D eigenvalue weighted by Crippen LogP contribution is 2.31. The zero-order valence-electron chi connectivity index (χ0n) is 16.1. The number of nitrogens with two attached hydrogens (primary N) is 1. The van der Waals surface area contributed by atoms with E-state index in [2.05, 4.69) is 10.3 Å². The van der Waals surface area contributed by atoms with Gasteiger partial charge in [0.15, 0.2) is 11.7 Å². The van der Waals surface area contributed by atoms with Crippen LogP contribution in [0.5, 0.6) is 11.5 Å². The summed E-state index contributed by atoms with van der Waals surface area (Å²) in [5.41, 5.74) is 7.72. The van der Waals surface area contributed by atoms with Gasteiger partial charge in [-0.3, -0.25) is 14.9 Å². The fourth-order valence-electron chi connectivity index (χ4n) is 2.68. The molecule has 0 bridgehead atoms. The van der Waals surface area contributed by atoms with Crippen LogP contribution >= 0.6 is 11.3 Å². The molecule has 0 spiro atoms. The number of amides is 2. The molecule has 0 unspecified atom stereocenters. The Balaban J connectivity index is 1.57. The van der Waals surface area contributed by atoms with Crippen molar-refractivity contribution in [1.82, 2.24) is 4.98 Å². The summed E-state index contributed by atoms with van der Waals surface area (Å²) in [4.78, 5) is 28.6. The third-order valence-electron chi connectivity index (χ3n) is 4.08. The van der Waals surface area contributed by atoms with E-state index in [4.69, 9.17) is 15.2 Å². The largest absolute Gasteiger partial charge is 0.497 e. The number of anilines is 1. The Morgan fingerprint density at radius 1 is 1.07 bits per heavy atom. The van der Waals surface area contributed by atoms with Crippen LogP contribution in [-0.2, 0) is 16.0 Å². The van der Waals surface area contributed by atoms with Crippen LogP contribution in [0.3, 0.4) is 0 Å². The van der Waals surface area contributed by atoms with E-state index in [0.29, 0.717) is 10.9 Å². The standard InChI is InChI=1S/C21H21N3O4S/c1-13-20(15-5-9-16(27-2)10-6-15)24-21(29-13)23-19(26)12-28-17-7-3-14(4-8-17)11-18(22)25/h3-10H,11-12H2,1-2H3,(H2,22,25)(H,23,24,26). The van der Waals surface area contributed by atoms with Crippen molar-refractivity contribution in [3.63, 3.8) is 0 Å². The molecule has 0 saturated heterocycles.